The molecule has 0 aliphatic rings. The van der Waals surface area contributed by atoms with Crippen molar-refractivity contribution in [2.24, 2.45) is 0 Å². The first kappa shape index (κ1) is 13.9. The number of rotatable bonds is 4. The molecule has 0 radical (unpaired) electrons. The molecular weight excluding hydrogens is 252 g/mol. The van der Waals surface area contributed by atoms with Crippen molar-refractivity contribution in [2.75, 3.05) is 0 Å². The van der Waals surface area contributed by atoms with Crippen LogP contribution in [0.4, 0.5) is 0 Å². The van der Waals surface area contributed by atoms with Gasteiger partial charge in [0.2, 0.25) is 0 Å². The highest BCUT2D eigenvalue weighted by Crippen LogP contribution is 2.14. The fraction of sp³-hybridized carbons (Fsp3) is 0.250. The highest BCUT2D eigenvalue weighted by atomic mass is 16.3. The van der Waals surface area contributed by atoms with Crippen LogP contribution in [0.25, 0.3) is 0 Å². The van der Waals surface area contributed by atoms with Crippen molar-refractivity contribution in [1.29, 1.82) is 5.26 Å². The third kappa shape index (κ3) is 3.07. The Morgan fingerprint density at radius 2 is 2.00 bits per heavy atom. The van der Waals surface area contributed by atoms with Crippen molar-refractivity contribution >= 4 is 5.91 Å². The SMILES string of the molecule is CC(C)N(Cc1ccc(C#N)cc1)C(=O)c1ccco1. The number of benzene rings is 1. The van der Waals surface area contributed by atoms with Gasteiger partial charge in [0.1, 0.15) is 0 Å². The highest BCUT2D eigenvalue weighted by molar-refractivity contribution is 5.91. The Bertz CT molecular complexity index is 607. The Kier molecular flexibility index (Phi) is 4.21. The lowest BCUT2D eigenvalue weighted by Crippen LogP contribution is -2.36. The molecule has 0 saturated heterocycles. The Morgan fingerprint density at radius 1 is 1.30 bits per heavy atom. The fourth-order valence-electron chi connectivity index (χ4n) is 1.91. The monoisotopic (exact) mass is 268 g/mol. The summed E-state index contributed by atoms with van der Waals surface area (Å²) in [5, 5.41) is 8.78. The van der Waals surface area contributed by atoms with Crippen molar-refractivity contribution in [3.05, 3.63) is 59.5 Å². The number of carbonyl (C=O) groups is 1. The smallest absolute Gasteiger partial charge is 0.290 e. The zero-order valence-corrected chi connectivity index (χ0v) is 11.5. The maximum Gasteiger partial charge on any atom is 0.290 e. The van der Waals surface area contributed by atoms with Crippen LogP contribution in [0.5, 0.6) is 0 Å². The molecule has 4 heteroatoms. The molecule has 0 atom stereocenters. The summed E-state index contributed by atoms with van der Waals surface area (Å²) in [4.78, 5) is 14.1. The average molecular weight is 268 g/mol. The first-order valence-electron chi connectivity index (χ1n) is 6.45. The number of hydrogen-bond acceptors (Lipinski definition) is 3. The van der Waals surface area contributed by atoms with Crippen molar-refractivity contribution in [2.45, 2.75) is 26.4 Å². The molecule has 2 aromatic rings. The molecule has 0 saturated carbocycles. The van der Waals surface area contributed by atoms with Crippen molar-refractivity contribution < 1.29 is 9.21 Å². The molecule has 0 N–H and O–H groups in total. The van der Waals surface area contributed by atoms with E-state index in [1.807, 2.05) is 26.0 Å². The Labute approximate surface area is 118 Å². The Hall–Kier alpha value is -2.54. The second kappa shape index (κ2) is 6.07. The first-order chi connectivity index (χ1) is 9.61. The van der Waals surface area contributed by atoms with Gasteiger partial charge in [0, 0.05) is 12.6 Å². The van der Waals surface area contributed by atoms with Gasteiger partial charge in [0.05, 0.1) is 17.9 Å². The standard InChI is InChI=1S/C16H16N2O2/c1-12(2)18(16(19)15-4-3-9-20-15)11-14-7-5-13(10-17)6-8-14/h3-9,12H,11H2,1-2H3. The van der Waals surface area contributed by atoms with E-state index in [0.29, 0.717) is 17.9 Å². The van der Waals surface area contributed by atoms with Gasteiger partial charge >= 0.3 is 0 Å². The number of carbonyl (C=O) groups excluding carboxylic acids is 1. The highest BCUT2D eigenvalue weighted by Gasteiger charge is 2.21. The Morgan fingerprint density at radius 3 is 2.50 bits per heavy atom. The van der Waals surface area contributed by atoms with Gasteiger partial charge in [-0.3, -0.25) is 4.79 Å². The van der Waals surface area contributed by atoms with Gasteiger partial charge in [-0.15, -0.1) is 0 Å². The van der Waals surface area contributed by atoms with E-state index in [4.69, 9.17) is 9.68 Å². The lowest BCUT2D eigenvalue weighted by Gasteiger charge is -2.26. The fourth-order valence-corrected chi connectivity index (χ4v) is 1.91. The minimum absolute atomic E-state index is 0.0586. The summed E-state index contributed by atoms with van der Waals surface area (Å²) in [7, 11) is 0. The van der Waals surface area contributed by atoms with Gasteiger partial charge in [0.25, 0.3) is 5.91 Å². The van der Waals surface area contributed by atoms with E-state index >= 15 is 0 Å². The maximum absolute atomic E-state index is 12.4. The predicted octanol–water partition coefficient (Wildman–Crippen LogP) is 3.20. The van der Waals surface area contributed by atoms with Crippen LogP contribution < -0.4 is 0 Å². The molecule has 1 amide bonds. The van der Waals surface area contributed by atoms with E-state index in [1.165, 1.54) is 6.26 Å². The normalized spacial score (nSPS) is 10.3. The van der Waals surface area contributed by atoms with Crippen LogP contribution >= 0.6 is 0 Å². The van der Waals surface area contributed by atoms with Gasteiger partial charge in [-0.25, -0.2) is 0 Å². The summed E-state index contributed by atoms with van der Waals surface area (Å²) < 4.78 is 5.17. The zero-order valence-electron chi connectivity index (χ0n) is 11.5. The van der Waals surface area contributed by atoms with E-state index in [9.17, 15) is 4.79 Å². The van der Waals surface area contributed by atoms with Gasteiger partial charge in [-0.1, -0.05) is 12.1 Å². The second-order valence-electron chi connectivity index (χ2n) is 4.81. The summed E-state index contributed by atoms with van der Waals surface area (Å²) in [6, 6.07) is 12.7. The third-order valence-corrected chi connectivity index (χ3v) is 3.05. The summed E-state index contributed by atoms with van der Waals surface area (Å²) in [6.45, 7) is 4.41. The molecule has 0 unspecified atom stereocenters. The lowest BCUT2D eigenvalue weighted by molar-refractivity contribution is 0.0657. The predicted molar refractivity (Wildman–Crippen MR) is 74.9 cm³/mol. The molecular formula is C16H16N2O2. The maximum atomic E-state index is 12.4. The molecule has 0 spiro atoms. The summed E-state index contributed by atoms with van der Waals surface area (Å²) in [6.07, 6.45) is 1.49. The number of nitrogens with zero attached hydrogens (tertiary/aromatic N) is 2. The van der Waals surface area contributed by atoms with Crippen LogP contribution in [0, 0.1) is 11.3 Å². The van der Waals surface area contributed by atoms with Crippen molar-refractivity contribution in [3.8, 4) is 6.07 Å². The lowest BCUT2D eigenvalue weighted by atomic mass is 10.1. The molecule has 1 aromatic carbocycles. The molecule has 1 aromatic heterocycles. The van der Waals surface area contributed by atoms with Crippen LogP contribution in [0.3, 0.4) is 0 Å². The van der Waals surface area contributed by atoms with Crippen LogP contribution in [-0.4, -0.2) is 16.8 Å². The summed E-state index contributed by atoms with van der Waals surface area (Å²) in [5.74, 6) is 0.210. The molecule has 0 bridgehead atoms. The number of hydrogen-bond donors (Lipinski definition) is 0. The molecule has 20 heavy (non-hydrogen) atoms. The minimum Gasteiger partial charge on any atom is -0.459 e. The molecule has 4 nitrogen and oxygen atoms in total. The molecule has 0 fully saturated rings. The van der Waals surface area contributed by atoms with E-state index in [0.717, 1.165) is 5.56 Å². The third-order valence-electron chi connectivity index (χ3n) is 3.05. The van der Waals surface area contributed by atoms with Gasteiger partial charge in [-0.05, 0) is 43.7 Å². The van der Waals surface area contributed by atoms with Gasteiger partial charge in [0.15, 0.2) is 5.76 Å². The number of nitriles is 1. The largest absolute Gasteiger partial charge is 0.459 e. The summed E-state index contributed by atoms with van der Waals surface area (Å²) in [5.41, 5.74) is 1.60. The quantitative estimate of drug-likeness (QED) is 0.855. The first-order valence-corrected chi connectivity index (χ1v) is 6.45. The van der Waals surface area contributed by atoms with Crippen molar-refractivity contribution in [1.82, 2.24) is 4.90 Å². The molecule has 2 rings (SSSR count). The van der Waals surface area contributed by atoms with Crippen LogP contribution in [0.15, 0.2) is 47.1 Å². The van der Waals surface area contributed by atoms with E-state index in [1.54, 1.807) is 29.2 Å². The van der Waals surface area contributed by atoms with Gasteiger partial charge < -0.3 is 9.32 Å². The van der Waals surface area contributed by atoms with E-state index < -0.39 is 0 Å². The second-order valence-corrected chi connectivity index (χ2v) is 4.81. The minimum atomic E-state index is -0.130. The number of amides is 1. The van der Waals surface area contributed by atoms with Crippen LogP contribution in [-0.2, 0) is 6.54 Å². The van der Waals surface area contributed by atoms with Crippen LogP contribution in [0.1, 0.15) is 35.5 Å². The van der Waals surface area contributed by atoms with Crippen molar-refractivity contribution in [3.63, 3.8) is 0 Å². The molecule has 1 heterocycles. The van der Waals surface area contributed by atoms with E-state index in [-0.39, 0.29) is 11.9 Å². The molecule has 102 valence electrons. The summed E-state index contributed by atoms with van der Waals surface area (Å²) >= 11 is 0. The zero-order chi connectivity index (χ0) is 14.5. The molecule has 0 aliphatic carbocycles. The van der Waals surface area contributed by atoms with Gasteiger partial charge in [-0.2, -0.15) is 5.26 Å². The average Bonchev–Trinajstić information content (AvgIpc) is 2.98. The van der Waals surface area contributed by atoms with E-state index in [2.05, 4.69) is 6.07 Å². The topological polar surface area (TPSA) is 57.2 Å². The number of furan rings is 1. The molecule has 0 aliphatic heterocycles. The Balaban J connectivity index is 2.17. The van der Waals surface area contributed by atoms with Crippen LogP contribution in [0.2, 0.25) is 0 Å².